The van der Waals surface area contributed by atoms with Gasteiger partial charge in [-0.1, -0.05) is 0 Å². The number of carbonyl (C=O) groups is 4. The molecule has 0 rings (SSSR count). The van der Waals surface area contributed by atoms with E-state index in [0.717, 1.165) is 0 Å². The Bertz CT molecular complexity index is 218. The van der Waals surface area contributed by atoms with Crippen LogP contribution in [0.3, 0.4) is 0 Å². The Balaban J connectivity index is -0.000000218. The van der Waals surface area contributed by atoms with Crippen LogP contribution < -0.4 is 10.2 Å². The molecule has 7 heteroatoms. The smallest absolute Gasteiger partial charge is 0.550 e. The van der Waals surface area contributed by atoms with Crippen molar-refractivity contribution in [3.63, 3.8) is 0 Å². The summed E-state index contributed by atoms with van der Waals surface area (Å²) in [5.41, 5.74) is 0. The van der Waals surface area contributed by atoms with Gasteiger partial charge in [0.05, 0.1) is 0 Å². The topological polar surface area (TPSA) is 114 Å². The van der Waals surface area contributed by atoms with E-state index in [-0.39, 0.29) is 57.7 Å². The maximum Gasteiger partial charge on any atom is 2.00 e. The molecule has 17 heavy (non-hydrogen) atoms. The molecule has 0 amide bonds. The van der Waals surface area contributed by atoms with Crippen LogP contribution in [0.15, 0.2) is 0 Å². The van der Waals surface area contributed by atoms with E-state index in [1.807, 2.05) is 0 Å². The van der Waals surface area contributed by atoms with Gasteiger partial charge in [0, 0.05) is 24.8 Å². The molecule has 0 heterocycles. The zero-order valence-electron chi connectivity index (χ0n) is 9.59. The molecule has 0 saturated heterocycles. The van der Waals surface area contributed by atoms with Gasteiger partial charge < -0.3 is 29.4 Å². The van der Waals surface area contributed by atoms with Gasteiger partial charge in [-0.25, -0.2) is 0 Å². The molecule has 0 unspecified atom stereocenters. The molecule has 0 aliphatic heterocycles. The maximum absolute atomic E-state index is 10.1. The second-order valence-electron chi connectivity index (χ2n) is 3.15. The molecule has 0 atom stereocenters. The largest absolute Gasteiger partial charge is 2.00 e. The standard InChI is InChI=1S/2C5H8O3.Pd/c2*1-4(6)2-3-5(7)8;/h2*2-3H2,1H3,(H,7,8);/q;;+2/p-2. The van der Waals surface area contributed by atoms with Gasteiger partial charge in [-0.15, -0.1) is 0 Å². The monoisotopic (exact) mass is 336 g/mol. The average Bonchev–Trinajstić information content (AvgIpc) is 2.12. The Morgan fingerprint density at radius 1 is 0.706 bits per heavy atom. The van der Waals surface area contributed by atoms with Gasteiger partial charge in [-0.05, 0) is 26.7 Å². The van der Waals surface area contributed by atoms with Crippen LogP contribution in [0, 0.1) is 0 Å². The maximum atomic E-state index is 10.1. The van der Waals surface area contributed by atoms with Crippen molar-refractivity contribution in [2.75, 3.05) is 0 Å². The third-order valence-corrected chi connectivity index (χ3v) is 1.36. The second kappa shape index (κ2) is 13.0. The Kier molecular flexibility index (Phi) is 16.3. The molecule has 0 N–H and O–H groups in total. The first-order valence-electron chi connectivity index (χ1n) is 4.64. The van der Waals surface area contributed by atoms with E-state index >= 15 is 0 Å². The first kappa shape index (κ1) is 21.3. The average molecular weight is 337 g/mol. The molecule has 0 saturated carbocycles. The van der Waals surface area contributed by atoms with Crippen molar-refractivity contribution in [3.05, 3.63) is 0 Å². The van der Waals surface area contributed by atoms with E-state index in [1.54, 1.807) is 0 Å². The molecule has 0 aliphatic rings. The number of Topliss-reactive ketones (excluding diaryl/α,β-unsaturated/α-hetero) is 2. The molecule has 0 spiro atoms. The quantitative estimate of drug-likeness (QED) is 0.529. The van der Waals surface area contributed by atoms with E-state index in [4.69, 9.17) is 0 Å². The summed E-state index contributed by atoms with van der Waals surface area (Å²) in [6.07, 6.45) is -0.144. The summed E-state index contributed by atoms with van der Waals surface area (Å²) in [5.74, 6) is -2.57. The van der Waals surface area contributed by atoms with Crippen LogP contribution in [0.4, 0.5) is 0 Å². The van der Waals surface area contributed by atoms with Gasteiger partial charge in [-0.3, -0.25) is 0 Å². The van der Waals surface area contributed by atoms with Gasteiger partial charge in [0.15, 0.2) is 0 Å². The van der Waals surface area contributed by atoms with Crippen molar-refractivity contribution < 1.29 is 49.8 Å². The molecular weight excluding hydrogens is 323 g/mol. The summed E-state index contributed by atoms with van der Waals surface area (Å²) in [6.45, 7) is 2.70. The van der Waals surface area contributed by atoms with Crippen LogP contribution >= 0.6 is 0 Å². The first-order chi connectivity index (χ1) is 7.25. The summed E-state index contributed by atoms with van der Waals surface area (Å²) in [5, 5.41) is 19.3. The predicted octanol–water partition coefficient (Wildman–Crippen LogP) is -1.79. The van der Waals surface area contributed by atoms with Gasteiger partial charge in [0.1, 0.15) is 11.6 Å². The number of ketones is 2. The Morgan fingerprint density at radius 3 is 1.00 bits per heavy atom. The van der Waals surface area contributed by atoms with Crippen molar-refractivity contribution in [2.45, 2.75) is 39.5 Å². The van der Waals surface area contributed by atoms with Crippen LogP contribution in [0.5, 0.6) is 0 Å². The Hall–Kier alpha value is -1.06. The number of carbonyl (C=O) groups excluding carboxylic acids is 4. The fourth-order valence-electron chi connectivity index (χ4n) is 0.556. The number of rotatable bonds is 6. The normalized spacial score (nSPS) is 8.12. The van der Waals surface area contributed by atoms with Crippen molar-refractivity contribution >= 4 is 23.5 Å². The van der Waals surface area contributed by atoms with Gasteiger partial charge in [0.2, 0.25) is 0 Å². The van der Waals surface area contributed by atoms with Crippen molar-refractivity contribution in [1.82, 2.24) is 0 Å². The number of hydrogen-bond acceptors (Lipinski definition) is 6. The molecular formula is C10H14O6Pd. The zero-order valence-corrected chi connectivity index (χ0v) is 11.1. The van der Waals surface area contributed by atoms with Crippen molar-refractivity contribution in [1.29, 1.82) is 0 Å². The number of carboxylic acid groups (broad SMARTS) is 2. The van der Waals surface area contributed by atoms with Crippen LogP contribution in [0.25, 0.3) is 0 Å². The van der Waals surface area contributed by atoms with E-state index in [1.165, 1.54) is 13.8 Å². The third-order valence-electron chi connectivity index (χ3n) is 1.36. The molecule has 0 radical (unpaired) electrons. The Morgan fingerprint density at radius 2 is 0.941 bits per heavy atom. The van der Waals surface area contributed by atoms with Gasteiger partial charge in [0.25, 0.3) is 0 Å². The van der Waals surface area contributed by atoms with E-state index in [9.17, 15) is 29.4 Å². The predicted molar refractivity (Wildman–Crippen MR) is 49.8 cm³/mol. The molecule has 0 fully saturated rings. The summed E-state index contributed by atoms with van der Waals surface area (Å²) in [4.78, 5) is 39.4. The summed E-state index contributed by atoms with van der Waals surface area (Å²) in [6, 6.07) is 0. The minimum absolute atomic E-state index is 0. The molecule has 0 aromatic rings. The number of carboxylic acids is 2. The third kappa shape index (κ3) is 31.3. The number of aliphatic carboxylic acids is 2. The van der Waals surface area contributed by atoms with Crippen LogP contribution in [-0.4, -0.2) is 23.5 Å². The summed E-state index contributed by atoms with van der Waals surface area (Å²) < 4.78 is 0. The molecule has 6 nitrogen and oxygen atoms in total. The van der Waals surface area contributed by atoms with E-state index in [0.29, 0.717) is 0 Å². The molecule has 0 aromatic heterocycles. The second-order valence-corrected chi connectivity index (χ2v) is 3.15. The molecule has 0 aromatic carbocycles. The van der Waals surface area contributed by atoms with Crippen LogP contribution in [0.1, 0.15) is 39.5 Å². The van der Waals surface area contributed by atoms with Gasteiger partial charge >= 0.3 is 20.4 Å². The van der Waals surface area contributed by atoms with Gasteiger partial charge in [-0.2, -0.15) is 0 Å². The number of hydrogen-bond donors (Lipinski definition) is 0. The zero-order chi connectivity index (χ0) is 13.1. The fourth-order valence-corrected chi connectivity index (χ4v) is 0.556. The SMILES string of the molecule is CC(=O)CCC(=O)[O-].CC(=O)CCC(=O)[O-].[Pd+2]. The van der Waals surface area contributed by atoms with Crippen molar-refractivity contribution in [3.8, 4) is 0 Å². The minimum Gasteiger partial charge on any atom is -0.550 e. The summed E-state index contributed by atoms with van der Waals surface area (Å²) in [7, 11) is 0. The molecule has 0 aliphatic carbocycles. The van der Waals surface area contributed by atoms with Crippen molar-refractivity contribution in [2.24, 2.45) is 0 Å². The molecule has 0 bridgehead atoms. The van der Waals surface area contributed by atoms with E-state index in [2.05, 4.69) is 0 Å². The Labute approximate surface area is 113 Å². The molecule has 100 valence electrons. The van der Waals surface area contributed by atoms with Crippen LogP contribution in [0.2, 0.25) is 0 Å². The van der Waals surface area contributed by atoms with Crippen LogP contribution in [-0.2, 0) is 39.6 Å². The fraction of sp³-hybridized carbons (Fsp3) is 0.600. The minimum atomic E-state index is -1.17. The summed E-state index contributed by atoms with van der Waals surface area (Å²) >= 11 is 0. The first-order valence-corrected chi connectivity index (χ1v) is 4.64. The van der Waals surface area contributed by atoms with E-state index < -0.39 is 11.9 Å².